The molecule has 4 rings (SSSR count). The highest BCUT2D eigenvalue weighted by Crippen LogP contribution is 2.30. The van der Waals surface area contributed by atoms with Crippen molar-refractivity contribution >= 4 is 15.8 Å². The van der Waals surface area contributed by atoms with Crippen LogP contribution in [0, 0.1) is 0 Å². The van der Waals surface area contributed by atoms with Gasteiger partial charge in [0.1, 0.15) is 0 Å². The largest absolute Gasteiger partial charge is 0.379 e. The van der Waals surface area contributed by atoms with Crippen molar-refractivity contribution in [3.63, 3.8) is 0 Å². The van der Waals surface area contributed by atoms with E-state index in [2.05, 4.69) is 17.0 Å². The molecule has 0 N–H and O–H groups in total. The highest BCUT2D eigenvalue weighted by Gasteiger charge is 2.36. The van der Waals surface area contributed by atoms with Gasteiger partial charge in [0.25, 0.3) is 0 Å². The van der Waals surface area contributed by atoms with Crippen molar-refractivity contribution in [1.82, 2.24) is 9.21 Å². The van der Waals surface area contributed by atoms with E-state index in [1.54, 1.807) is 18.2 Å². The minimum Gasteiger partial charge on any atom is -0.379 e. The van der Waals surface area contributed by atoms with Crippen LogP contribution in [0.4, 0.5) is 0 Å². The third-order valence-electron chi connectivity index (χ3n) is 5.45. The molecule has 1 saturated heterocycles. The first-order valence-corrected chi connectivity index (χ1v) is 11.0. The SMILES string of the molecule is O=C1CN(CCC(c2ccccc2)N2CCOCC2)S(=O)(=O)c2ccccc21. The molecule has 1 fully saturated rings. The van der Waals surface area contributed by atoms with Gasteiger partial charge in [-0.1, -0.05) is 42.5 Å². The third-order valence-corrected chi connectivity index (χ3v) is 7.35. The van der Waals surface area contributed by atoms with Gasteiger partial charge in [0.2, 0.25) is 10.0 Å². The quantitative estimate of drug-likeness (QED) is 0.771. The van der Waals surface area contributed by atoms with Gasteiger partial charge in [-0.05, 0) is 24.1 Å². The van der Waals surface area contributed by atoms with Gasteiger partial charge in [-0.15, -0.1) is 0 Å². The highest BCUT2D eigenvalue weighted by atomic mass is 32.2. The lowest BCUT2D eigenvalue weighted by atomic mass is 10.0. The van der Waals surface area contributed by atoms with Gasteiger partial charge in [-0.2, -0.15) is 4.31 Å². The Morgan fingerprint density at radius 1 is 0.964 bits per heavy atom. The van der Waals surface area contributed by atoms with Gasteiger partial charge in [0.05, 0.1) is 24.7 Å². The minimum absolute atomic E-state index is 0.0903. The van der Waals surface area contributed by atoms with Crippen LogP contribution < -0.4 is 0 Å². The summed E-state index contributed by atoms with van der Waals surface area (Å²) in [5, 5.41) is 0. The molecular formula is C21H24N2O4S. The van der Waals surface area contributed by atoms with Crippen molar-refractivity contribution in [3.05, 3.63) is 65.7 Å². The van der Waals surface area contributed by atoms with Crippen LogP contribution in [0.15, 0.2) is 59.5 Å². The molecule has 6 nitrogen and oxygen atoms in total. The van der Waals surface area contributed by atoms with Crippen LogP contribution in [0.2, 0.25) is 0 Å². The predicted octanol–water partition coefficient (Wildman–Crippen LogP) is 2.34. The summed E-state index contributed by atoms with van der Waals surface area (Å²) >= 11 is 0. The summed E-state index contributed by atoms with van der Waals surface area (Å²) in [7, 11) is -3.66. The molecule has 0 aliphatic carbocycles. The Labute approximate surface area is 165 Å². The Morgan fingerprint density at radius 2 is 1.64 bits per heavy atom. The van der Waals surface area contributed by atoms with E-state index in [9.17, 15) is 13.2 Å². The number of sulfonamides is 1. The molecule has 2 aliphatic rings. The molecule has 2 aromatic carbocycles. The summed E-state index contributed by atoms with van der Waals surface area (Å²) in [6, 6.07) is 16.7. The Balaban J connectivity index is 1.56. The van der Waals surface area contributed by atoms with Crippen molar-refractivity contribution in [2.24, 2.45) is 0 Å². The first-order chi connectivity index (χ1) is 13.6. The van der Waals surface area contributed by atoms with Crippen LogP contribution in [-0.4, -0.2) is 62.8 Å². The van der Waals surface area contributed by atoms with Crippen molar-refractivity contribution in [2.45, 2.75) is 17.4 Å². The molecule has 148 valence electrons. The number of morpholine rings is 1. The number of fused-ring (bicyclic) bond motifs is 1. The van der Waals surface area contributed by atoms with Crippen LogP contribution in [0.3, 0.4) is 0 Å². The molecule has 2 aliphatic heterocycles. The summed E-state index contributed by atoms with van der Waals surface area (Å²) < 4.78 is 32.8. The number of ketones is 1. The van der Waals surface area contributed by atoms with Gasteiger partial charge < -0.3 is 4.74 Å². The van der Waals surface area contributed by atoms with Gasteiger partial charge >= 0.3 is 0 Å². The number of rotatable bonds is 5. The number of nitrogens with zero attached hydrogens (tertiary/aromatic N) is 2. The molecule has 0 radical (unpaired) electrons. The fourth-order valence-corrected chi connectivity index (χ4v) is 5.60. The maximum absolute atomic E-state index is 13.0. The molecule has 2 aromatic rings. The molecule has 0 spiro atoms. The maximum Gasteiger partial charge on any atom is 0.244 e. The molecule has 0 saturated carbocycles. The molecule has 0 bridgehead atoms. The molecular weight excluding hydrogens is 376 g/mol. The molecule has 0 aromatic heterocycles. The van der Waals surface area contributed by atoms with E-state index in [1.165, 1.54) is 10.4 Å². The van der Waals surface area contributed by atoms with Crippen LogP contribution >= 0.6 is 0 Å². The number of ether oxygens (including phenoxy) is 1. The Kier molecular flexibility index (Phi) is 5.59. The van der Waals surface area contributed by atoms with E-state index >= 15 is 0 Å². The van der Waals surface area contributed by atoms with Crippen molar-refractivity contribution in [2.75, 3.05) is 39.4 Å². The van der Waals surface area contributed by atoms with E-state index in [4.69, 9.17) is 4.74 Å². The second-order valence-corrected chi connectivity index (χ2v) is 9.03. The van der Waals surface area contributed by atoms with E-state index in [0.717, 1.165) is 18.7 Å². The topological polar surface area (TPSA) is 66.9 Å². The molecule has 2 heterocycles. The second-order valence-electron chi connectivity index (χ2n) is 7.12. The fourth-order valence-electron chi connectivity index (χ4n) is 3.98. The maximum atomic E-state index is 13.0. The van der Waals surface area contributed by atoms with Gasteiger partial charge in [-0.3, -0.25) is 9.69 Å². The number of carbonyl (C=O) groups excluding carboxylic acids is 1. The highest BCUT2D eigenvalue weighted by molar-refractivity contribution is 7.89. The standard InChI is InChI=1S/C21H24N2O4S/c24-20-16-23(28(25,26)21-9-5-4-8-18(20)21)11-10-19(17-6-2-1-3-7-17)22-12-14-27-15-13-22/h1-9,19H,10-16H2. The molecule has 1 atom stereocenters. The molecule has 28 heavy (non-hydrogen) atoms. The minimum atomic E-state index is -3.66. The summed E-state index contributed by atoms with van der Waals surface area (Å²) in [6.45, 7) is 3.19. The Morgan fingerprint density at radius 3 is 2.39 bits per heavy atom. The van der Waals surface area contributed by atoms with E-state index in [0.29, 0.717) is 31.7 Å². The summed E-state index contributed by atoms with van der Waals surface area (Å²) in [5.41, 5.74) is 1.46. The van der Waals surface area contributed by atoms with Gasteiger partial charge in [0.15, 0.2) is 5.78 Å². The predicted molar refractivity (Wildman–Crippen MR) is 106 cm³/mol. The number of benzene rings is 2. The van der Waals surface area contributed by atoms with Crippen molar-refractivity contribution in [1.29, 1.82) is 0 Å². The zero-order chi connectivity index (χ0) is 19.6. The van der Waals surface area contributed by atoms with E-state index in [-0.39, 0.29) is 23.3 Å². The van der Waals surface area contributed by atoms with Crippen molar-refractivity contribution in [3.8, 4) is 0 Å². The molecule has 1 unspecified atom stereocenters. The average Bonchev–Trinajstić information content (AvgIpc) is 2.73. The number of hydrogen-bond donors (Lipinski definition) is 0. The van der Waals surface area contributed by atoms with E-state index < -0.39 is 10.0 Å². The monoisotopic (exact) mass is 400 g/mol. The summed E-state index contributed by atoms with van der Waals surface area (Å²) in [6.07, 6.45) is 0.624. The Hall–Kier alpha value is -2.06. The number of hydrogen-bond acceptors (Lipinski definition) is 5. The number of Topliss-reactive ketones (excluding diaryl/α,β-unsaturated/α-hetero) is 1. The van der Waals surface area contributed by atoms with E-state index in [1.807, 2.05) is 18.2 Å². The lowest BCUT2D eigenvalue weighted by Gasteiger charge is -2.36. The zero-order valence-corrected chi connectivity index (χ0v) is 16.5. The Bertz CT molecular complexity index is 940. The zero-order valence-electron chi connectivity index (χ0n) is 15.7. The van der Waals surface area contributed by atoms with Gasteiger partial charge in [-0.25, -0.2) is 8.42 Å². The van der Waals surface area contributed by atoms with Gasteiger partial charge in [0, 0.05) is 31.2 Å². The van der Waals surface area contributed by atoms with Crippen LogP contribution in [0.1, 0.15) is 28.4 Å². The first kappa shape index (κ1) is 19.3. The molecule has 0 amide bonds. The van der Waals surface area contributed by atoms with Crippen molar-refractivity contribution < 1.29 is 17.9 Å². The fraction of sp³-hybridized carbons (Fsp3) is 0.381. The lowest BCUT2D eigenvalue weighted by molar-refractivity contribution is 0.0133. The van der Waals surface area contributed by atoms with Crippen LogP contribution in [0.25, 0.3) is 0 Å². The average molecular weight is 401 g/mol. The smallest absolute Gasteiger partial charge is 0.244 e. The van der Waals surface area contributed by atoms with Crippen LogP contribution in [0.5, 0.6) is 0 Å². The molecule has 7 heteroatoms. The number of carbonyl (C=O) groups is 1. The summed E-state index contributed by atoms with van der Waals surface area (Å²) in [5.74, 6) is -0.145. The van der Waals surface area contributed by atoms with Crippen LogP contribution in [-0.2, 0) is 14.8 Å². The lowest BCUT2D eigenvalue weighted by Crippen LogP contribution is -2.44. The second kappa shape index (κ2) is 8.13. The third kappa shape index (κ3) is 3.75. The first-order valence-electron chi connectivity index (χ1n) is 9.56. The normalized spacial score (nSPS) is 21.2. The summed E-state index contributed by atoms with van der Waals surface area (Å²) in [4.78, 5) is 14.9.